The van der Waals surface area contributed by atoms with Crippen LogP contribution in [0, 0.1) is 11.3 Å². The number of barbiturate groups is 1. The van der Waals surface area contributed by atoms with Gasteiger partial charge in [-0.3, -0.25) is 24.2 Å². The average Bonchev–Trinajstić information content (AvgIpc) is 2.69. The summed E-state index contributed by atoms with van der Waals surface area (Å²) in [4.78, 5) is 52.9. The molecular weight excluding hydrogens is 332 g/mol. The molecule has 136 valence electrons. The number of benzene rings is 1. The van der Waals surface area contributed by atoms with Gasteiger partial charge in [-0.2, -0.15) is 0 Å². The summed E-state index contributed by atoms with van der Waals surface area (Å²) >= 11 is 0. The number of ketones is 1. The van der Waals surface area contributed by atoms with Gasteiger partial charge in [0.2, 0.25) is 11.8 Å². The van der Waals surface area contributed by atoms with Crippen molar-refractivity contribution in [3.8, 4) is 0 Å². The molecule has 3 rings (SSSR count). The van der Waals surface area contributed by atoms with Crippen molar-refractivity contribution < 1.29 is 19.2 Å². The molecule has 6 heteroatoms. The van der Waals surface area contributed by atoms with Gasteiger partial charge in [0.15, 0.2) is 5.78 Å². The fraction of sp³-hybridized carbons (Fsp3) is 0.400. The Labute approximate surface area is 152 Å². The maximum Gasteiger partial charge on any atom is 0.333 e. The van der Waals surface area contributed by atoms with Crippen molar-refractivity contribution in [2.45, 2.75) is 26.2 Å². The van der Waals surface area contributed by atoms with E-state index in [1.165, 1.54) is 7.05 Å². The molecule has 2 aliphatic rings. The summed E-state index contributed by atoms with van der Waals surface area (Å²) in [6.45, 7) is 1.21. The number of imide groups is 2. The van der Waals surface area contributed by atoms with Crippen LogP contribution in [0.15, 0.2) is 42.5 Å². The number of carbonyl (C=O) groups is 4. The lowest BCUT2D eigenvalue weighted by Crippen LogP contribution is -2.65. The molecule has 0 bridgehead atoms. The second-order valence-electron chi connectivity index (χ2n) is 7.00. The van der Waals surface area contributed by atoms with Crippen LogP contribution in [0.3, 0.4) is 0 Å². The zero-order chi connectivity index (χ0) is 18.9. The Balaban J connectivity index is 1.92. The Hall–Kier alpha value is -2.76. The van der Waals surface area contributed by atoms with E-state index in [9.17, 15) is 19.2 Å². The van der Waals surface area contributed by atoms with Crippen LogP contribution < -0.4 is 0 Å². The molecule has 0 aromatic heterocycles. The standard InChI is InChI=1S/C20H22N2O4/c1-20(15-11-7-4-8-12-15)17(24)21(2)19(26)22(18(20)25)13-16(23)14-9-5-3-6-10-14/h3,5-7,9-11,15H,4,8,12-13H2,1-2H3. The topological polar surface area (TPSA) is 74.8 Å². The van der Waals surface area contributed by atoms with Gasteiger partial charge >= 0.3 is 6.03 Å². The van der Waals surface area contributed by atoms with Crippen LogP contribution in [-0.2, 0) is 9.59 Å². The van der Waals surface area contributed by atoms with Crippen LogP contribution >= 0.6 is 0 Å². The van der Waals surface area contributed by atoms with Crippen molar-refractivity contribution >= 4 is 23.6 Å². The minimum absolute atomic E-state index is 0.277. The highest BCUT2D eigenvalue weighted by Gasteiger charge is 2.56. The fourth-order valence-electron chi connectivity index (χ4n) is 3.68. The van der Waals surface area contributed by atoms with Gasteiger partial charge in [0.05, 0.1) is 6.54 Å². The van der Waals surface area contributed by atoms with Crippen LogP contribution in [0.1, 0.15) is 36.5 Å². The predicted octanol–water partition coefficient (Wildman–Crippen LogP) is 2.65. The molecule has 1 fully saturated rings. The average molecular weight is 354 g/mol. The third-order valence-corrected chi connectivity index (χ3v) is 5.35. The molecule has 1 aromatic rings. The lowest BCUT2D eigenvalue weighted by atomic mass is 9.70. The molecule has 6 nitrogen and oxygen atoms in total. The van der Waals surface area contributed by atoms with E-state index >= 15 is 0 Å². The van der Waals surface area contributed by atoms with Crippen LogP contribution in [0.25, 0.3) is 0 Å². The van der Waals surface area contributed by atoms with E-state index in [0.717, 1.165) is 22.6 Å². The number of hydrogen-bond acceptors (Lipinski definition) is 4. The number of allylic oxidation sites excluding steroid dienone is 2. The van der Waals surface area contributed by atoms with Crippen molar-refractivity contribution in [1.82, 2.24) is 9.80 Å². The number of nitrogens with zero attached hydrogens (tertiary/aromatic N) is 2. The molecule has 26 heavy (non-hydrogen) atoms. The van der Waals surface area contributed by atoms with E-state index in [1.807, 2.05) is 12.2 Å². The molecule has 0 spiro atoms. The Morgan fingerprint density at radius 1 is 1.15 bits per heavy atom. The largest absolute Gasteiger partial charge is 0.333 e. The second-order valence-corrected chi connectivity index (χ2v) is 7.00. The van der Waals surface area contributed by atoms with E-state index in [2.05, 4.69) is 0 Å². The predicted molar refractivity (Wildman–Crippen MR) is 95.2 cm³/mol. The van der Waals surface area contributed by atoms with Crippen LogP contribution in [0.5, 0.6) is 0 Å². The lowest BCUT2D eigenvalue weighted by molar-refractivity contribution is -0.159. The molecule has 0 radical (unpaired) electrons. The highest BCUT2D eigenvalue weighted by Crippen LogP contribution is 2.41. The zero-order valence-corrected chi connectivity index (χ0v) is 15.0. The maximum atomic E-state index is 13.2. The van der Waals surface area contributed by atoms with Gasteiger partial charge < -0.3 is 0 Å². The molecular formula is C20H22N2O4. The normalized spacial score (nSPS) is 26.4. The summed E-state index contributed by atoms with van der Waals surface area (Å²) in [5.74, 6) is -1.71. The van der Waals surface area contributed by atoms with E-state index in [0.29, 0.717) is 12.0 Å². The third-order valence-electron chi connectivity index (χ3n) is 5.35. The Morgan fingerprint density at radius 3 is 2.46 bits per heavy atom. The van der Waals surface area contributed by atoms with Gasteiger partial charge in [0.25, 0.3) is 0 Å². The monoisotopic (exact) mass is 354 g/mol. The summed E-state index contributed by atoms with van der Waals surface area (Å²) < 4.78 is 0. The Kier molecular flexibility index (Phi) is 4.76. The molecule has 0 N–H and O–H groups in total. The molecule has 1 aliphatic heterocycles. The van der Waals surface area contributed by atoms with Gasteiger partial charge in [-0.15, -0.1) is 0 Å². The minimum Gasteiger partial charge on any atom is -0.292 e. The van der Waals surface area contributed by atoms with Crippen LogP contribution in [0.2, 0.25) is 0 Å². The molecule has 2 unspecified atom stereocenters. The van der Waals surface area contributed by atoms with E-state index in [1.54, 1.807) is 37.3 Å². The minimum atomic E-state index is -1.36. The summed E-state index contributed by atoms with van der Waals surface area (Å²) in [6, 6.07) is 7.76. The smallest absolute Gasteiger partial charge is 0.292 e. The Morgan fingerprint density at radius 2 is 1.85 bits per heavy atom. The van der Waals surface area contributed by atoms with Crippen molar-refractivity contribution in [3.63, 3.8) is 0 Å². The van der Waals surface area contributed by atoms with Gasteiger partial charge in [-0.25, -0.2) is 4.79 Å². The first-order chi connectivity index (χ1) is 12.4. The zero-order valence-electron chi connectivity index (χ0n) is 15.0. The molecule has 1 aliphatic carbocycles. The number of rotatable bonds is 4. The fourth-order valence-corrected chi connectivity index (χ4v) is 3.68. The van der Waals surface area contributed by atoms with E-state index < -0.39 is 23.3 Å². The number of amides is 4. The molecule has 4 amide bonds. The first kappa shape index (κ1) is 18.0. The van der Waals surface area contributed by atoms with E-state index in [4.69, 9.17) is 0 Å². The van der Waals surface area contributed by atoms with Gasteiger partial charge in [-0.1, -0.05) is 42.5 Å². The number of carbonyl (C=O) groups excluding carboxylic acids is 4. The van der Waals surface area contributed by atoms with E-state index in [-0.39, 0.29) is 18.2 Å². The SMILES string of the molecule is CN1C(=O)N(CC(=O)c2ccccc2)C(=O)C(C)(C2C=CCCC2)C1=O. The van der Waals surface area contributed by atoms with Gasteiger partial charge in [0, 0.05) is 12.6 Å². The lowest BCUT2D eigenvalue weighted by Gasteiger charge is -2.44. The summed E-state index contributed by atoms with van der Waals surface area (Å²) in [5, 5.41) is 0. The number of hydrogen-bond donors (Lipinski definition) is 0. The van der Waals surface area contributed by atoms with Crippen molar-refractivity contribution in [1.29, 1.82) is 0 Å². The van der Waals surface area contributed by atoms with Gasteiger partial charge in [-0.05, 0) is 32.1 Å². The van der Waals surface area contributed by atoms with Crippen LogP contribution in [-0.4, -0.2) is 47.0 Å². The van der Waals surface area contributed by atoms with Crippen LogP contribution in [0.4, 0.5) is 4.79 Å². The van der Waals surface area contributed by atoms with Gasteiger partial charge in [0.1, 0.15) is 5.41 Å². The summed E-state index contributed by atoms with van der Waals surface area (Å²) in [6.07, 6.45) is 6.36. The molecule has 0 saturated carbocycles. The molecule has 1 aromatic carbocycles. The van der Waals surface area contributed by atoms with Crippen molar-refractivity contribution in [2.24, 2.45) is 11.3 Å². The first-order valence-corrected chi connectivity index (χ1v) is 8.76. The number of urea groups is 1. The second kappa shape index (κ2) is 6.86. The quantitative estimate of drug-likeness (QED) is 0.473. The molecule has 1 saturated heterocycles. The summed E-state index contributed by atoms with van der Waals surface area (Å²) in [5.41, 5.74) is -0.941. The van der Waals surface area contributed by atoms with Crippen molar-refractivity contribution in [3.05, 3.63) is 48.0 Å². The first-order valence-electron chi connectivity index (χ1n) is 8.76. The Bertz CT molecular complexity index is 786. The molecule has 1 heterocycles. The summed E-state index contributed by atoms with van der Waals surface area (Å²) in [7, 11) is 1.36. The highest BCUT2D eigenvalue weighted by atomic mass is 16.2. The number of Topliss-reactive ketones (excluding diaryl/α,β-unsaturated/α-hetero) is 1. The van der Waals surface area contributed by atoms with Crippen molar-refractivity contribution in [2.75, 3.05) is 13.6 Å². The molecule has 2 atom stereocenters. The highest BCUT2D eigenvalue weighted by molar-refractivity contribution is 6.20. The maximum absolute atomic E-state index is 13.2. The third kappa shape index (κ3) is 2.85.